The lowest BCUT2D eigenvalue weighted by atomic mass is 9.95. The zero-order chi connectivity index (χ0) is 15.6. The Kier molecular flexibility index (Phi) is 4.80. The summed E-state index contributed by atoms with van der Waals surface area (Å²) in [6.45, 7) is 10.2. The van der Waals surface area contributed by atoms with Crippen LogP contribution in [0, 0.1) is 6.92 Å². The molecule has 0 atom stereocenters. The molecule has 0 saturated carbocycles. The third-order valence-corrected chi connectivity index (χ3v) is 4.74. The van der Waals surface area contributed by atoms with Gasteiger partial charge >= 0.3 is 0 Å². The van der Waals surface area contributed by atoms with E-state index in [1.54, 1.807) is 0 Å². The lowest BCUT2D eigenvalue weighted by Gasteiger charge is -2.19. The van der Waals surface area contributed by atoms with Crippen molar-refractivity contribution in [1.82, 2.24) is 19.3 Å². The van der Waals surface area contributed by atoms with E-state index in [0.29, 0.717) is 5.82 Å². The van der Waals surface area contributed by atoms with Gasteiger partial charge in [0.05, 0.1) is 0 Å². The van der Waals surface area contributed by atoms with Gasteiger partial charge < -0.3 is 5.43 Å². The van der Waals surface area contributed by atoms with Crippen molar-refractivity contribution in [3.8, 4) is 0 Å². The molecular weight excluding hydrogens is 304 g/mol. The highest BCUT2D eigenvalue weighted by molar-refractivity contribution is 8.00. The maximum atomic E-state index is 5.58. The highest BCUT2D eigenvalue weighted by Gasteiger charge is 2.22. The average Bonchev–Trinajstić information content (AvgIpc) is 2.87. The molecule has 2 aromatic heterocycles. The third-order valence-electron chi connectivity index (χ3n) is 2.86. The minimum Gasteiger partial charge on any atom is -0.308 e. The second-order valence-electron chi connectivity index (χ2n) is 5.65. The fraction of sp³-hybridized carbons (Fsp3) is 0.538. The van der Waals surface area contributed by atoms with E-state index in [0.717, 1.165) is 33.0 Å². The van der Waals surface area contributed by atoms with E-state index in [4.69, 9.17) is 5.84 Å². The van der Waals surface area contributed by atoms with Gasteiger partial charge in [0.2, 0.25) is 0 Å². The van der Waals surface area contributed by atoms with Gasteiger partial charge in [-0.15, -0.1) is 0 Å². The quantitative estimate of drug-likeness (QED) is 0.507. The molecule has 21 heavy (non-hydrogen) atoms. The Bertz CT molecular complexity index is 632. The number of nitrogens with one attached hydrogen (secondary N) is 1. The molecule has 0 unspecified atom stereocenters. The van der Waals surface area contributed by atoms with Crippen LogP contribution in [0.4, 0.5) is 5.82 Å². The monoisotopic (exact) mass is 324 g/mol. The van der Waals surface area contributed by atoms with Crippen molar-refractivity contribution in [1.29, 1.82) is 0 Å². The maximum absolute atomic E-state index is 5.58. The summed E-state index contributed by atoms with van der Waals surface area (Å²) < 4.78 is 5.19. The fourth-order valence-electron chi connectivity index (χ4n) is 1.58. The van der Waals surface area contributed by atoms with E-state index in [1.165, 1.54) is 23.3 Å². The van der Waals surface area contributed by atoms with E-state index >= 15 is 0 Å². The molecule has 6 nitrogen and oxygen atoms in total. The van der Waals surface area contributed by atoms with Crippen LogP contribution in [0.15, 0.2) is 9.37 Å². The normalized spacial score (nSPS) is 11.7. The zero-order valence-electron chi connectivity index (χ0n) is 12.9. The Morgan fingerprint density at radius 1 is 1.24 bits per heavy atom. The average molecular weight is 324 g/mol. The van der Waals surface area contributed by atoms with Gasteiger partial charge in [-0.2, -0.15) is 4.37 Å². The van der Waals surface area contributed by atoms with Crippen LogP contribution in [0.5, 0.6) is 0 Å². The first-order chi connectivity index (χ1) is 9.85. The summed E-state index contributed by atoms with van der Waals surface area (Å²) in [6.07, 6.45) is 0.836. The Morgan fingerprint density at radius 2 is 1.95 bits per heavy atom. The first-order valence-corrected chi connectivity index (χ1v) is 8.30. The van der Waals surface area contributed by atoms with Gasteiger partial charge in [0.1, 0.15) is 22.5 Å². The van der Waals surface area contributed by atoms with Gasteiger partial charge in [0.15, 0.2) is 4.34 Å². The molecular formula is C13H20N6S2. The summed E-state index contributed by atoms with van der Waals surface area (Å²) >= 11 is 2.90. The second-order valence-corrected chi connectivity index (χ2v) is 7.64. The molecule has 114 valence electrons. The minimum absolute atomic E-state index is 0.148. The largest absolute Gasteiger partial charge is 0.308 e. The van der Waals surface area contributed by atoms with E-state index in [-0.39, 0.29) is 5.41 Å². The molecule has 2 rings (SSSR count). The molecule has 0 radical (unpaired) electrons. The van der Waals surface area contributed by atoms with Crippen molar-refractivity contribution in [3.05, 3.63) is 17.2 Å². The Morgan fingerprint density at radius 3 is 2.48 bits per heavy atom. The number of hydrogen-bond acceptors (Lipinski definition) is 8. The zero-order valence-corrected chi connectivity index (χ0v) is 14.5. The molecule has 0 aliphatic rings. The van der Waals surface area contributed by atoms with Gasteiger partial charge in [0.25, 0.3) is 0 Å². The standard InChI is InChI=1S/C13H20N6S2/c1-6-8-15-12(21-19-8)20-10-7(2)9(18-14)16-11(17-10)13(3,4)5/h6,14H2,1-5H3,(H,16,17,18). The van der Waals surface area contributed by atoms with Crippen molar-refractivity contribution < 1.29 is 0 Å². The summed E-state index contributed by atoms with van der Waals surface area (Å²) in [5, 5.41) is 0.863. The predicted molar refractivity (Wildman–Crippen MR) is 86.7 cm³/mol. The predicted octanol–water partition coefficient (Wildman–Crippen LogP) is 2.93. The molecule has 0 aromatic carbocycles. The van der Waals surface area contributed by atoms with Gasteiger partial charge in [-0.3, -0.25) is 0 Å². The minimum atomic E-state index is -0.148. The molecule has 8 heteroatoms. The number of aromatic nitrogens is 4. The molecule has 0 fully saturated rings. The van der Waals surface area contributed by atoms with Crippen molar-refractivity contribution >= 4 is 29.1 Å². The van der Waals surface area contributed by atoms with Crippen LogP contribution < -0.4 is 11.3 Å². The Balaban J connectivity index is 2.41. The van der Waals surface area contributed by atoms with E-state index in [2.05, 4.69) is 45.5 Å². The van der Waals surface area contributed by atoms with Crippen LogP contribution in [0.1, 0.15) is 44.9 Å². The topological polar surface area (TPSA) is 89.6 Å². The van der Waals surface area contributed by atoms with E-state index in [1.807, 2.05) is 13.8 Å². The van der Waals surface area contributed by atoms with Crippen molar-refractivity contribution in [2.45, 2.75) is 55.8 Å². The van der Waals surface area contributed by atoms with Crippen LogP contribution in [-0.4, -0.2) is 19.3 Å². The Hall–Kier alpha value is -1.25. The van der Waals surface area contributed by atoms with Gasteiger partial charge in [0, 0.05) is 17.4 Å². The summed E-state index contributed by atoms with van der Waals surface area (Å²) in [5.41, 5.74) is 3.42. The highest BCUT2D eigenvalue weighted by Crippen LogP contribution is 2.34. The molecule has 0 amide bonds. The van der Waals surface area contributed by atoms with E-state index in [9.17, 15) is 0 Å². The molecule has 0 aliphatic carbocycles. The van der Waals surface area contributed by atoms with Crippen molar-refractivity contribution in [3.63, 3.8) is 0 Å². The van der Waals surface area contributed by atoms with Gasteiger partial charge in [-0.25, -0.2) is 20.8 Å². The Labute approximate surface area is 133 Å². The fourth-order valence-corrected chi connectivity index (χ4v) is 3.27. The summed E-state index contributed by atoms with van der Waals surface area (Å²) in [4.78, 5) is 13.6. The van der Waals surface area contributed by atoms with Crippen molar-refractivity contribution in [2.24, 2.45) is 5.84 Å². The first-order valence-electron chi connectivity index (χ1n) is 6.71. The van der Waals surface area contributed by atoms with Crippen LogP contribution >= 0.6 is 23.3 Å². The lowest BCUT2D eigenvalue weighted by Crippen LogP contribution is -2.20. The van der Waals surface area contributed by atoms with Crippen LogP contribution in [0.2, 0.25) is 0 Å². The number of nitrogens with two attached hydrogens (primary N) is 1. The van der Waals surface area contributed by atoms with Crippen LogP contribution in [0.25, 0.3) is 0 Å². The molecule has 0 spiro atoms. The number of rotatable bonds is 4. The molecule has 3 N–H and O–H groups in total. The molecule has 2 heterocycles. The number of nitrogen functional groups attached to an aromatic ring is 1. The lowest BCUT2D eigenvalue weighted by molar-refractivity contribution is 0.538. The smallest absolute Gasteiger partial charge is 0.176 e. The SMILES string of the molecule is CCc1nsc(Sc2nc(C(C)(C)C)nc(NN)c2C)n1. The van der Waals surface area contributed by atoms with Gasteiger partial charge in [-0.05, 0) is 30.2 Å². The van der Waals surface area contributed by atoms with E-state index < -0.39 is 0 Å². The number of hydrazine groups is 1. The summed E-state index contributed by atoms with van der Waals surface area (Å²) in [5.74, 6) is 7.84. The first kappa shape index (κ1) is 16.1. The number of hydrogen-bond donors (Lipinski definition) is 2. The molecule has 0 aliphatic heterocycles. The molecule has 0 bridgehead atoms. The number of aryl methyl sites for hydroxylation is 1. The van der Waals surface area contributed by atoms with Crippen molar-refractivity contribution in [2.75, 3.05) is 5.43 Å². The van der Waals surface area contributed by atoms with Crippen LogP contribution in [0.3, 0.4) is 0 Å². The molecule has 0 saturated heterocycles. The van der Waals surface area contributed by atoms with Gasteiger partial charge in [-0.1, -0.05) is 27.7 Å². The summed E-state index contributed by atoms with van der Waals surface area (Å²) in [6, 6.07) is 0. The number of nitrogens with zero attached hydrogens (tertiary/aromatic N) is 4. The number of anilines is 1. The third kappa shape index (κ3) is 3.69. The summed E-state index contributed by atoms with van der Waals surface area (Å²) in [7, 11) is 0. The van der Waals surface area contributed by atoms with Crippen LogP contribution in [-0.2, 0) is 11.8 Å². The maximum Gasteiger partial charge on any atom is 0.176 e. The highest BCUT2D eigenvalue weighted by atomic mass is 32.2. The second kappa shape index (κ2) is 6.25. The molecule has 2 aromatic rings.